The summed E-state index contributed by atoms with van der Waals surface area (Å²) in [6.45, 7) is 5.78. The van der Waals surface area contributed by atoms with Crippen LogP contribution in [0.2, 0.25) is 0 Å². The lowest BCUT2D eigenvalue weighted by Crippen LogP contribution is -2.29. The van der Waals surface area contributed by atoms with Crippen LogP contribution in [0.5, 0.6) is 5.75 Å². The lowest BCUT2D eigenvalue weighted by atomic mass is 9.88. The molecule has 1 saturated heterocycles. The fourth-order valence-corrected chi connectivity index (χ4v) is 3.29. The van der Waals surface area contributed by atoms with E-state index in [1.807, 2.05) is 0 Å². The van der Waals surface area contributed by atoms with Crippen molar-refractivity contribution in [3.8, 4) is 5.75 Å². The molecule has 104 valence electrons. The first kappa shape index (κ1) is 12.9. The zero-order valence-electron chi connectivity index (χ0n) is 11.8. The van der Waals surface area contributed by atoms with E-state index in [-0.39, 0.29) is 11.7 Å². The Morgan fingerprint density at radius 1 is 1.37 bits per heavy atom. The first-order valence-electron chi connectivity index (χ1n) is 7.23. The Kier molecular flexibility index (Phi) is 3.27. The lowest BCUT2D eigenvalue weighted by Gasteiger charge is -2.32. The van der Waals surface area contributed by atoms with Crippen LogP contribution in [0.4, 0.5) is 0 Å². The van der Waals surface area contributed by atoms with E-state index < -0.39 is 0 Å². The number of fused-ring (bicyclic) bond motifs is 1. The third kappa shape index (κ3) is 2.37. The van der Waals surface area contributed by atoms with Gasteiger partial charge in [0.05, 0.1) is 6.10 Å². The minimum Gasteiger partial charge on any atom is -0.487 e. The van der Waals surface area contributed by atoms with Crippen LogP contribution in [0, 0.1) is 5.92 Å². The van der Waals surface area contributed by atoms with E-state index in [0.717, 1.165) is 31.6 Å². The van der Waals surface area contributed by atoms with E-state index in [9.17, 15) is 0 Å². The highest BCUT2D eigenvalue weighted by atomic mass is 16.5. The van der Waals surface area contributed by atoms with Crippen LogP contribution in [0.15, 0.2) is 18.2 Å². The van der Waals surface area contributed by atoms with Gasteiger partial charge in [0.25, 0.3) is 0 Å². The highest BCUT2D eigenvalue weighted by molar-refractivity contribution is 5.47. The van der Waals surface area contributed by atoms with Crippen molar-refractivity contribution >= 4 is 0 Å². The molecule has 3 rings (SSSR count). The topological polar surface area (TPSA) is 44.5 Å². The van der Waals surface area contributed by atoms with Gasteiger partial charge in [-0.15, -0.1) is 0 Å². The number of benzene rings is 1. The summed E-state index contributed by atoms with van der Waals surface area (Å²) in [6, 6.07) is 6.41. The summed E-state index contributed by atoms with van der Waals surface area (Å²) in [7, 11) is 0. The van der Waals surface area contributed by atoms with Gasteiger partial charge in [-0.05, 0) is 38.8 Å². The van der Waals surface area contributed by atoms with Crippen LogP contribution in [0.25, 0.3) is 0 Å². The third-order valence-corrected chi connectivity index (χ3v) is 4.18. The van der Waals surface area contributed by atoms with Gasteiger partial charge in [0.2, 0.25) is 0 Å². The zero-order chi connectivity index (χ0) is 13.5. The minimum absolute atomic E-state index is 0.0996. The Morgan fingerprint density at radius 3 is 3.00 bits per heavy atom. The first-order chi connectivity index (χ1) is 9.11. The smallest absolute Gasteiger partial charge is 0.129 e. The molecule has 0 bridgehead atoms. The number of ether oxygens (including phenoxy) is 2. The summed E-state index contributed by atoms with van der Waals surface area (Å²) in [6.07, 6.45) is 3.33. The normalized spacial score (nSPS) is 28.8. The molecule has 0 saturated carbocycles. The van der Waals surface area contributed by atoms with Crippen LogP contribution in [0.1, 0.15) is 43.9 Å². The average molecular weight is 261 g/mol. The molecule has 1 fully saturated rings. The van der Waals surface area contributed by atoms with Gasteiger partial charge in [0, 0.05) is 24.5 Å². The van der Waals surface area contributed by atoms with Crippen molar-refractivity contribution < 1.29 is 9.47 Å². The molecule has 3 nitrogen and oxygen atoms in total. The van der Waals surface area contributed by atoms with E-state index in [0.29, 0.717) is 12.5 Å². The van der Waals surface area contributed by atoms with E-state index in [4.69, 9.17) is 15.2 Å². The largest absolute Gasteiger partial charge is 0.487 e. The second-order valence-electron chi connectivity index (χ2n) is 6.30. The Morgan fingerprint density at radius 2 is 2.21 bits per heavy atom. The van der Waals surface area contributed by atoms with Crippen molar-refractivity contribution in [2.45, 2.75) is 44.8 Å². The summed E-state index contributed by atoms with van der Waals surface area (Å²) >= 11 is 0. The fraction of sp³-hybridized carbons (Fsp3) is 0.625. The molecule has 2 aliphatic rings. The standard InChI is InChI=1S/C16H23NO2/c1-16(2)9-11-5-3-7-13(15(11)19-16)14-12(10-17)6-4-8-18-14/h3,5,7,12,14H,4,6,8-10,17H2,1-2H3. The van der Waals surface area contributed by atoms with E-state index in [2.05, 4.69) is 32.0 Å². The molecule has 2 unspecified atom stereocenters. The summed E-state index contributed by atoms with van der Waals surface area (Å²) < 4.78 is 12.2. The highest BCUT2D eigenvalue weighted by Gasteiger charge is 2.36. The molecule has 19 heavy (non-hydrogen) atoms. The Hall–Kier alpha value is -1.06. The van der Waals surface area contributed by atoms with Gasteiger partial charge in [-0.3, -0.25) is 0 Å². The Balaban J connectivity index is 1.96. The average Bonchev–Trinajstić information content (AvgIpc) is 2.72. The van der Waals surface area contributed by atoms with Crippen molar-refractivity contribution in [1.82, 2.24) is 0 Å². The molecular formula is C16H23NO2. The number of nitrogens with two attached hydrogens (primary N) is 1. The van der Waals surface area contributed by atoms with Crippen LogP contribution in [0.3, 0.4) is 0 Å². The molecule has 1 aromatic carbocycles. The van der Waals surface area contributed by atoms with E-state index in [1.54, 1.807) is 0 Å². The maximum absolute atomic E-state index is 6.15. The molecular weight excluding hydrogens is 238 g/mol. The van der Waals surface area contributed by atoms with Crippen molar-refractivity contribution in [3.63, 3.8) is 0 Å². The number of hydrogen-bond donors (Lipinski definition) is 1. The van der Waals surface area contributed by atoms with Gasteiger partial charge in [-0.25, -0.2) is 0 Å². The Bertz CT molecular complexity index is 470. The van der Waals surface area contributed by atoms with Crippen LogP contribution in [-0.4, -0.2) is 18.8 Å². The van der Waals surface area contributed by atoms with Crippen LogP contribution >= 0.6 is 0 Å². The number of hydrogen-bond acceptors (Lipinski definition) is 3. The summed E-state index contributed by atoms with van der Waals surface area (Å²) in [4.78, 5) is 0. The van der Waals surface area contributed by atoms with Gasteiger partial charge in [0.15, 0.2) is 0 Å². The Labute approximate surface area is 115 Å². The zero-order valence-corrected chi connectivity index (χ0v) is 11.8. The van der Waals surface area contributed by atoms with Crippen molar-refractivity contribution in [3.05, 3.63) is 29.3 Å². The van der Waals surface area contributed by atoms with Crippen LogP contribution < -0.4 is 10.5 Å². The molecule has 0 amide bonds. The molecule has 1 aromatic rings. The molecule has 0 spiro atoms. The highest BCUT2D eigenvalue weighted by Crippen LogP contribution is 2.44. The van der Waals surface area contributed by atoms with E-state index >= 15 is 0 Å². The van der Waals surface area contributed by atoms with Crippen molar-refractivity contribution in [1.29, 1.82) is 0 Å². The maximum Gasteiger partial charge on any atom is 0.129 e. The van der Waals surface area contributed by atoms with Gasteiger partial charge >= 0.3 is 0 Å². The first-order valence-corrected chi connectivity index (χ1v) is 7.23. The second kappa shape index (κ2) is 4.80. The molecule has 2 heterocycles. The van der Waals surface area contributed by atoms with Crippen LogP contribution in [-0.2, 0) is 11.2 Å². The van der Waals surface area contributed by atoms with Crippen molar-refractivity contribution in [2.24, 2.45) is 11.7 Å². The summed E-state index contributed by atoms with van der Waals surface area (Å²) in [5.41, 5.74) is 8.29. The van der Waals surface area contributed by atoms with Gasteiger partial charge in [0.1, 0.15) is 11.4 Å². The van der Waals surface area contributed by atoms with Gasteiger partial charge < -0.3 is 15.2 Å². The molecule has 3 heteroatoms. The molecule has 0 radical (unpaired) electrons. The number of rotatable bonds is 2. The molecule has 0 aliphatic carbocycles. The fourth-order valence-electron chi connectivity index (χ4n) is 3.29. The lowest BCUT2D eigenvalue weighted by molar-refractivity contribution is -0.0273. The van der Waals surface area contributed by atoms with Gasteiger partial charge in [-0.2, -0.15) is 0 Å². The SMILES string of the molecule is CC1(C)Cc2cccc(C3OCCCC3CN)c2O1. The quantitative estimate of drug-likeness (QED) is 0.890. The van der Waals surface area contributed by atoms with Crippen molar-refractivity contribution in [2.75, 3.05) is 13.2 Å². The molecule has 2 atom stereocenters. The summed E-state index contributed by atoms with van der Waals surface area (Å²) in [5.74, 6) is 1.45. The minimum atomic E-state index is -0.106. The maximum atomic E-state index is 6.15. The van der Waals surface area contributed by atoms with E-state index in [1.165, 1.54) is 11.1 Å². The second-order valence-corrected chi connectivity index (χ2v) is 6.30. The predicted molar refractivity (Wildman–Crippen MR) is 75.3 cm³/mol. The van der Waals surface area contributed by atoms with Gasteiger partial charge in [-0.1, -0.05) is 18.2 Å². The molecule has 0 aromatic heterocycles. The molecule has 2 N–H and O–H groups in total. The molecule has 2 aliphatic heterocycles. The predicted octanol–water partition coefficient (Wildman–Crippen LogP) is 2.83. The summed E-state index contributed by atoms with van der Waals surface area (Å²) in [5, 5.41) is 0. The number of para-hydroxylation sites is 1. The third-order valence-electron chi connectivity index (χ3n) is 4.18. The monoisotopic (exact) mass is 261 g/mol.